The monoisotopic (exact) mass is 277 g/mol. The number of rotatable bonds is 3. The summed E-state index contributed by atoms with van der Waals surface area (Å²) in [5.41, 5.74) is 2.29. The number of aromatic nitrogens is 1. The molecule has 0 amide bonds. The minimum Gasteiger partial charge on any atom is -0.494 e. The van der Waals surface area contributed by atoms with E-state index in [-0.39, 0.29) is 0 Å². The Morgan fingerprint density at radius 2 is 1.94 bits per heavy atom. The van der Waals surface area contributed by atoms with E-state index in [4.69, 9.17) is 4.74 Å². The Morgan fingerprint density at radius 3 is 2.56 bits per heavy atom. The number of pyridine rings is 1. The third kappa shape index (κ3) is 2.42. The number of ether oxygens (including phenoxy) is 1. The van der Waals surface area contributed by atoms with Gasteiger partial charge in [0.2, 0.25) is 0 Å². The zero-order valence-corrected chi connectivity index (χ0v) is 10.6. The first-order chi connectivity index (χ1) is 7.81. The highest BCUT2D eigenvalue weighted by atomic mass is 79.9. The van der Waals surface area contributed by atoms with Gasteiger partial charge in [-0.3, -0.25) is 4.98 Å². The Bertz CT molecular complexity index is 468. The van der Waals surface area contributed by atoms with Crippen molar-refractivity contribution in [1.82, 2.24) is 4.98 Å². The predicted octanol–water partition coefficient (Wildman–Crippen LogP) is 3.91. The molecule has 1 aromatic heterocycles. The summed E-state index contributed by atoms with van der Waals surface area (Å²) in [7, 11) is 0. The van der Waals surface area contributed by atoms with E-state index in [1.807, 2.05) is 37.3 Å². The number of halogens is 1. The lowest BCUT2D eigenvalue weighted by molar-refractivity contribution is 0.340. The minimum absolute atomic E-state index is 0.693. The Hall–Kier alpha value is -1.35. The third-order valence-electron chi connectivity index (χ3n) is 2.25. The highest BCUT2D eigenvalue weighted by molar-refractivity contribution is 9.10. The van der Waals surface area contributed by atoms with Crippen molar-refractivity contribution in [3.63, 3.8) is 0 Å². The fourth-order valence-corrected chi connectivity index (χ4v) is 1.99. The molecule has 0 saturated carbocycles. The molecule has 2 rings (SSSR count). The van der Waals surface area contributed by atoms with Gasteiger partial charge in [0.15, 0.2) is 0 Å². The average Bonchev–Trinajstić information content (AvgIpc) is 2.31. The molecule has 16 heavy (non-hydrogen) atoms. The summed E-state index contributed by atoms with van der Waals surface area (Å²) in [6.07, 6.45) is 3.59. The maximum Gasteiger partial charge on any atom is 0.119 e. The summed E-state index contributed by atoms with van der Waals surface area (Å²) in [6.45, 7) is 2.67. The molecule has 0 unspecified atom stereocenters. The fraction of sp³-hybridized carbons (Fsp3) is 0.154. The molecule has 0 aliphatic rings. The van der Waals surface area contributed by atoms with Crippen LogP contribution in [0.1, 0.15) is 6.92 Å². The molecule has 1 aromatic carbocycles. The Balaban J connectivity index is 2.31. The molecule has 0 fully saturated rings. The van der Waals surface area contributed by atoms with Crippen LogP contribution in [0.5, 0.6) is 5.75 Å². The second kappa shape index (κ2) is 5.12. The zero-order chi connectivity index (χ0) is 11.4. The molecule has 2 nitrogen and oxygen atoms in total. The standard InChI is InChI=1S/C13H12BrNO/c1-2-16-11-5-3-10(4-6-11)12-7-8-15-9-13(12)14/h3-9H,2H2,1H3. The van der Waals surface area contributed by atoms with Crippen molar-refractivity contribution in [1.29, 1.82) is 0 Å². The second-order valence-corrected chi connectivity index (χ2v) is 4.17. The van der Waals surface area contributed by atoms with Gasteiger partial charge in [-0.15, -0.1) is 0 Å². The summed E-state index contributed by atoms with van der Waals surface area (Å²) in [5, 5.41) is 0. The first kappa shape index (κ1) is 11.1. The molecule has 0 bridgehead atoms. The lowest BCUT2D eigenvalue weighted by atomic mass is 10.1. The SMILES string of the molecule is CCOc1ccc(-c2ccncc2Br)cc1. The van der Waals surface area contributed by atoms with Crippen LogP contribution in [0.3, 0.4) is 0 Å². The minimum atomic E-state index is 0.693. The zero-order valence-electron chi connectivity index (χ0n) is 8.98. The first-order valence-corrected chi connectivity index (χ1v) is 5.93. The van der Waals surface area contributed by atoms with E-state index in [2.05, 4.69) is 20.9 Å². The predicted molar refractivity (Wildman–Crippen MR) is 68.5 cm³/mol. The number of hydrogen-bond donors (Lipinski definition) is 0. The third-order valence-corrected chi connectivity index (χ3v) is 2.88. The molecule has 0 spiro atoms. The van der Waals surface area contributed by atoms with Gasteiger partial charge in [0, 0.05) is 16.9 Å². The Labute approximate surface area is 103 Å². The number of nitrogens with zero attached hydrogens (tertiary/aromatic N) is 1. The van der Waals surface area contributed by atoms with Crippen LogP contribution in [0.25, 0.3) is 11.1 Å². The molecule has 0 saturated heterocycles. The van der Waals surface area contributed by atoms with E-state index in [0.29, 0.717) is 6.61 Å². The topological polar surface area (TPSA) is 22.1 Å². The molecule has 0 N–H and O–H groups in total. The molecule has 2 aromatic rings. The first-order valence-electron chi connectivity index (χ1n) is 5.14. The average molecular weight is 278 g/mol. The van der Waals surface area contributed by atoms with Crippen LogP contribution in [0.15, 0.2) is 47.2 Å². The number of benzene rings is 1. The van der Waals surface area contributed by atoms with E-state index in [9.17, 15) is 0 Å². The van der Waals surface area contributed by atoms with Crippen molar-refractivity contribution in [2.75, 3.05) is 6.61 Å². The Kier molecular flexibility index (Phi) is 3.57. The molecule has 3 heteroatoms. The van der Waals surface area contributed by atoms with Gasteiger partial charge >= 0.3 is 0 Å². The second-order valence-electron chi connectivity index (χ2n) is 3.31. The van der Waals surface area contributed by atoms with Gasteiger partial charge in [-0.1, -0.05) is 12.1 Å². The van der Waals surface area contributed by atoms with Crippen LogP contribution < -0.4 is 4.74 Å². The van der Waals surface area contributed by atoms with Crippen LogP contribution >= 0.6 is 15.9 Å². The lowest BCUT2D eigenvalue weighted by Gasteiger charge is -2.06. The van der Waals surface area contributed by atoms with Crippen LogP contribution in [-0.2, 0) is 0 Å². The van der Waals surface area contributed by atoms with Crippen LogP contribution in [0.2, 0.25) is 0 Å². The summed E-state index contributed by atoms with van der Waals surface area (Å²) < 4.78 is 6.40. The Morgan fingerprint density at radius 1 is 1.19 bits per heavy atom. The molecular formula is C13H12BrNO. The van der Waals surface area contributed by atoms with Gasteiger partial charge in [-0.2, -0.15) is 0 Å². The molecular weight excluding hydrogens is 266 g/mol. The quantitative estimate of drug-likeness (QED) is 0.849. The summed E-state index contributed by atoms with van der Waals surface area (Å²) in [5.74, 6) is 0.899. The van der Waals surface area contributed by atoms with Crippen molar-refractivity contribution in [3.8, 4) is 16.9 Å². The summed E-state index contributed by atoms with van der Waals surface area (Å²) in [4.78, 5) is 4.05. The van der Waals surface area contributed by atoms with Gasteiger partial charge in [-0.25, -0.2) is 0 Å². The smallest absolute Gasteiger partial charge is 0.119 e. The van der Waals surface area contributed by atoms with E-state index >= 15 is 0 Å². The van der Waals surface area contributed by atoms with Gasteiger partial charge in [0.25, 0.3) is 0 Å². The lowest BCUT2D eigenvalue weighted by Crippen LogP contribution is -1.90. The highest BCUT2D eigenvalue weighted by Crippen LogP contribution is 2.28. The van der Waals surface area contributed by atoms with Gasteiger partial charge in [-0.05, 0) is 52.2 Å². The van der Waals surface area contributed by atoms with Gasteiger partial charge < -0.3 is 4.74 Å². The van der Waals surface area contributed by atoms with E-state index in [0.717, 1.165) is 21.3 Å². The summed E-state index contributed by atoms with van der Waals surface area (Å²) >= 11 is 3.49. The highest BCUT2D eigenvalue weighted by Gasteiger charge is 2.02. The van der Waals surface area contributed by atoms with E-state index in [1.54, 1.807) is 12.4 Å². The number of hydrogen-bond acceptors (Lipinski definition) is 2. The van der Waals surface area contributed by atoms with Crippen LogP contribution in [0.4, 0.5) is 0 Å². The van der Waals surface area contributed by atoms with Crippen molar-refractivity contribution >= 4 is 15.9 Å². The van der Waals surface area contributed by atoms with Gasteiger partial charge in [0.1, 0.15) is 5.75 Å². The van der Waals surface area contributed by atoms with Crippen molar-refractivity contribution < 1.29 is 4.74 Å². The fourth-order valence-electron chi connectivity index (χ4n) is 1.51. The van der Waals surface area contributed by atoms with Crippen LogP contribution in [0, 0.1) is 0 Å². The molecule has 0 radical (unpaired) electrons. The molecule has 0 atom stereocenters. The summed E-state index contributed by atoms with van der Waals surface area (Å²) in [6, 6.07) is 10.0. The molecule has 0 aliphatic carbocycles. The van der Waals surface area contributed by atoms with Crippen molar-refractivity contribution in [2.24, 2.45) is 0 Å². The largest absolute Gasteiger partial charge is 0.494 e. The van der Waals surface area contributed by atoms with Crippen molar-refractivity contribution in [3.05, 3.63) is 47.2 Å². The molecule has 82 valence electrons. The molecule has 0 aliphatic heterocycles. The van der Waals surface area contributed by atoms with E-state index < -0.39 is 0 Å². The van der Waals surface area contributed by atoms with Crippen LogP contribution in [-0.4, -0.2) is 11.6 Å². The van der Waals surface area contributed by atoms with Crippen molar-refractivity contribution in [2.45, 2.75) is 6.92 Å². The maximum atomic E-state index is 5.40. The van der Waals surface area contributed by atoms with Gasteiger partial charge in [0.05, 0.1) is 6.61 Å². The molecule has 1 heterocycles. The van der Waals surface area contributed by atoms with E-state index in [1.165, 1.54) is 0 Å². The maximum absolute atomic E-state index is 5.40. The normalized spacial score (nSPS) is 10.1.